The smallest absolute Gasteiger partial charge is 0.120 e. The molecular formula is C31H42N2O2. The van der Waals surface area contributed by atoms with Crippen molar-refractivity contribution in [3.63, 3.8) is 0 Å². The summed E-state index contributed by atoms with van der Waals surface area (Å²) in [4.78, 5) is 4.68. The van der Waals surface area contributed by atoms with Crippen LogP contribution in [-0.2, 0) is 13.0 Å². The van der Waals surface area contributed by atoms with E-state index in [1.54, 1.807) is 13.2 Å². The van der Waals surface area contributed by atoms with Crippen LogP contribution < -0.4 is 9.64 Å². The SMILES string of the molecule is C=C1/C=C\C(O)=C/CCC[C@H](c2ccc(OC)cc2N(CC)Cc2ccc(CCN(C)C)cc2)C1. The molecule has 0 radical (unpaired) electrons. The van der Waals surface area contributed by atoms with Gasteiger partial charge in [0.25, 0.3) is 0 Å². The molecule has 0 bridgehead atoms. The summed E-state index contributed by atoms with van der Waals surface area (Å²) < 4.78 is 5.62. The van der Waals surface area contributed by atoms with Crippen LogP contribution in [0.15, 0.2) is 78.6 Å². The molecule has 0 aliphatic heterocycles. The van der Waals surface area contributed by atoms with Crippen molar-refractivity contribution in [1.29, 1.82) is 0 Å². The molecule has 0 aromatic heterocycles. The van der Waals surface area contributed by atoms with Gasteiger partial charge in [-0.15, -0.1) is 0 Å². The molecular weight excluding hydrogens is 432 g/mol. The van der Waals surface area contributed by atoms with Crippen molar-refractivity contribution in [2.75, 3.05) is 39.2 Å². The Labute approximate surface area is 212 Å². The Morgan fingerprint density at radius 1 is 1.06 bits per heavy atom. The summed E-state index contributed by atoms with van der Waals surface area (Å²) >= 11 is 0. The summed E-state index contributed by atoms with van der Waals surface area (Å²) in [5.74, 6) is 1.58. The van der Waals surface area contributed by atoms with E-state index < -0.39 is 0 Å². The molecule has 188 valence electrons. The van der Waals surface area contributed by atoms with E-state index in [9.17, 15) is 5.11 Å². The molecule has 0 heterocycles. The molecule has 1 aliphatic rings. The molecule has 0 fully saturated rings. The van der Waals surface area contributed by atoms with Crippen molar-refractivity contribution in [3.05, 3.63) is 95.3 Å². The van der Waals surface area contributed by atoms with Crippen molar-refractivity contribution in [1.82, 2.24) is 4.90 Å². The molecule has 4 nitrogen and oxygen atoms in total. The Kier molecular flexibility index (Phi) is 10.0. The predicted molar refractivity (Wildman–Crippen MR) is 149 cm³/mol. The monoisotopic (exact) mass is 474 g/mol. The highest BCUT2D eigenvalue weighted by molar-refractivity contribution is 5.59. The first-order chi connectivity index (χ1) is 16.9. The van der Waals surface area contributed by atoms with Gasteiger partial charge in [0, 0.05) is 31.4 Å². The van der Waals surface area contributed by atoms with Crippen molar-refractivity contribution >= 4 is 5.69 Å². The zero-order valence-electron chi connectivity index (χ0n) is 22.0. The largest absolute Gasteiger partial charge is 0.508 e. The van der Waals surface area contributed by atoms with Crippen molar-refractivity contribution in [2.24, 2.45) is 0 Å². The number of allylic oxidation sites excluding steroid dienone is 4. The van der Waals surface area contributed by atoms with Crippen molar-refractivity contribution in [3.8, 4) is 5.75 Å². The van der Waals surface area contributed by atoms with E-state index in [4.69, 9.17) is 4.74 Å². The molecule has 2 aromatic carbocycles. The Morgan fingerprint density at radius 2 is 1.80 bits per heavy atom. The number of ether oxygens (including phenoxy) is 1. The standard InChI is InChI=1S/C31H42N2O2/c1-6-33(23-26-14-12-25(13-15-26)19-20-32(3)4)31-22-29(35-5)17-18-30(31)27-9-7-8-10-28(34)16-11-24(2)21-27/h10-18,22,27,34H,2,6-9,19-21,23H2,1,3-5H3/b16-11-,28-10+/t27-/m0/s1. The Morgan fingerprint density at radius 3 is 2.49 bits per heavy atom. The van der Waals surface area contributed by atoms with Crippen LogP contribution in [0.25, 0.3) is 0 Å². The van der Waals surface area contributed by atoms with Gasteiger partial charge in [0.15, 0.2) is 0 Å². The highest BCUT2D eigenvalue weighted by Crippen LogP contribution is 2.38. The average Bonchev–Trinajstić information content (AvgIpc) is 2.86. The van der Waals surface area contributed by atoms with Gasteiger partial charge in [0.05, 0.1) is 7.11 Å². The lowest BCUT2D eigenvalue weighted by Crippen LogP contribution is -2.24. The van der Waals surface area contributed by atoms with E-state index >= 15 is 0 Å². The molecule has 1 aliphatic carbocycles. The molecule has 0 spiro atoms. The second-order valence-corrected chi connectivity index (χ2v) is 9.76. The van der Waals surface area contributed by atoms with Gasteiger partial charge in [-0.2, -0.15) is 0 Å². The van der Waals surface area contributed by atoms with Crippen LogP contribution >= 0.6 is 0 Å². The molecule has 0 saturated carbocycles. The van der Waals surface area contributed by atoms with Gasteiger partial charge >= 0.3 is 0 Å². The molecule has 4 heteroatoms. The molecule has 35 heavy (non-hydrogen) atoms. The van der Waals surface area contributed by atoms with Gasteiger partial charge in [-0.25, -0.2) is 0 Å². The highest BCUT2D eigenvalue weighted by atomic mass is 16.5. The zero-order chi connectivity index (χ0) is 25.2. The molecule has 0 amide bonds. The molecule has 0 unspecified atom stereocenters. The van der Waals surface area contributed by atoms with Crippen molar-refractivity contribution < 1.29 is 9.84 Å². The zero-order valence-corrected chi connectivity index (χ0v) is 22.0. The first-order valence-electron chi connectivity index (χ1n) is 12.8. The van der Waals surface area contributed by atoms with Crippen LogP contribution in [0, 0.1) is 0 Å². The van der Waals surface area contributed by atoms with E-state index in [-0.39, 0.29) is 0 Å². The second kappa shape index (κ2) is 13.2. The number of hydrogen-bond donors (Lipinski definition) is 1. The molecule has 3 rings (SSSR count). The fraction of sp³-hybridized carbons (Fsp3) is 0.419. The van der Waals surface area contributed by atoms with Crippen molar-refractivity contribution in [2.45, 2.75) is 51.5 Å². The fourth-order valence-electron chi connectivity index (χ4n) is 4.66. The normalized spacial score (nSPS) is 19.2. The van der Waals surface area contributed by atoms with Crippen LogP contribution in [0.1, 0.15) is 55.2 Å². The van der Waals surface area contributed by atoms with Crippen LogP contribution in [0.4, 0.5) is 5.69 Å². The van der Waals surface area contributed by atoms with Crippen LogP contribution in [-0.4, -0.2) is 44.3 Å². The lowest BCUT2D eigenvalue weighted by molar-refractivity contribution is 0.413. The summed E-state index contributed by atoms with van der Waals surface area (Å²) in [5.41, 5.74) is 6.31. The number of benzene rings is 2. The van der Waals surface area contributed by atoms with Crippen LogP contribution in [0.5, 0.6) is 5.75 Å². The highest BCUT2D eigenvalue weighted by Gasteiger charge is 2.20. The van der Waals surface area contributed by atoms with Gasteiger partial charge in [0.1, 0.15) is 11.5 Å². The molecule has 1 N–H and O–H groups in total. The number of methoxy groups -OCH3 is 1. The number of aliphatic hydroxyl groups excluding tert-OH is 1. The summed E-state index contributed by atoms with van der Waals surface area (Å²) in [6.07, 6.45) is 10.5. The molecule has 2 aromatic rings. The minimum Gasteiger partial charge on any atom is -0.508 e. The topological polar surface area (TPSA) is 35.9 Å². The first-order valence-corrected chi connectivity index (χ1v) is 12.8. The summed E-state index contributed by atoms with van der Waals surface area (Å²) in [6, 6.07) is 15.6. The third kappa shape index (κ3) is 8.03. The third-order valence-electron chi connectivity index (χ3n) is 6.75. The third-order valence-corrected chi connectivity index (χ3v) is 6.75. The van der Waals surface area contributed by atoms with E-state index in [0.29, 0.717) is 11.7 Å². The second-order valence-electron chi connectivity index (χ2n) is 9.76. The summed E-state index contributed by atoms with van der Waals surface area (Å²) in [6.45, 7) is 9.31. The lowest BCUT2D eigenvalue weighted by Gasteiger charge is -2.30. The number of anilines is 1. The minimum absolute atomic E-state index is 0.333. The minimum atomic E-state index is 0.333. The number of rotatable bonds is 9. The van der Waals surface area contributed by atoms with Gasteiger partial charge < -0.3 is 19.6 Å². The van der Waals surface area contributed by atoms with Gasteiger partial charge in [-0.05, 0) is 93.9 Å². The Hall–Kier alpha value is -2.98. The summed E-state index contributed by atoms with van der Waals surface area (Å²) in [7, 11) is 5.96. The van der Waals surface area contributed by atoms with E-state index in [0.717, 1.165) is 63.1 Å². The molecule has 1 atom stereocenters. The van der Waals surface area contributed by atoms with Gasteiger partial charge in [-0.3, -0.25) is 0 Å². The van der Waals surface area contributed by atoms with Gasteiger partial charge in [-0.1, -0.05) is 48.6 Å². The Balaban J connectivity index is 1.86. The predicted octanol–water partition coefficient (Wildman–Crippen LogP) is 7.04. The van der Waals surface area contributed by atoms with Crippen LogP contribution in [0.2, 0.25) is 0 Å². The van der Waals surface area contributed by atoms with Gasteiger partial charge in [0.2, 0.25) is 0 Å². The molecule has 0 saturated heterocycles. The maximum Gasteiger partial charge on any atom is 0.120 e. The Bertz CT molecular complexity index is 1020. The summed E-state index contributed by atoms with van der Waals surface area (Å²) in [5, 5.41) is 9.96. The quantitative estimate of drug-likeness (QED) is 0.423. The van der Waals surface area contributed by atoms with E-state index in [1.165, 1.54) is 22.4 Å². The fourth-order valence-corrected chi connectivity index (χ4v) is 4.66. The number of likely N-dealkylation sites (N-methyl/N-ethyl adjacent to an activating group) is 1. The average molecular weight is 475 g/mol. The van der Waals surface area contributed by atoms with E-state index in [2.05, 4.69) is 79.9 Å². The number of hydrogen-bond acceptors (Lipinski definition) is 4. The number of aliphatic hydroxyl groups is 1. The van der Waals surface area contributed by atoms with E-state index in [1.807, 2.05) is 12.2 Å². The maximum absolute atomic E-state index is 9.96. The van der Waals surface area contributed by atoms with Crippen LogP contribution in [0.3, 0.4) is 0 Å². The first kappa shape index (κ1) is 26.6. The maximum atomic E-state index is 9.96. The number of nitrogens with zero attached hydrogens (tertiary/aromatic N) is 2. The lowest BCUT2D eigenvalue weighted by atomic mass is 9.86.